The monoisotopic (exact) mass is 153 g/mol. The van der Waals surface area contributed by atoms with Crippen LogP contribution in [0.5, 0.6) is 0 Å². The van der Waals surface area contributed by atoms with E-state index in [4.69, 9.17) is 0 Å². The highest BCUT2D eigenvalue weighted by atomic mass is 15.6. The zero-order chi connectivity index (χ0) is 8.27. The topological polar surface area (TPSA) is 28.0 Å². The number of nitrogens with zero attached hydrogens (tertiary/aromatic N) is 3. The summed E-state index contributed by atoms with van der Waals surface area (Å²) in [6, 6.07) is 0.452. The van der Waals surface area contributed by atoms with E-state index in [-0.39, 0.29) is 0 Å². The Morgan fingerprint density at radius 3 is 2.73 bits per heavy atom. The molecule has 0 fully saturated rings. The van der Waals surface area contributed by atoms with Gasteiger partial charge in [0, 0.05) is 6.04 Å². The molecule has 0 aliphatic carbocycles. The molecule has 0 aromatic carbocycles. The smallest absolute Gasteiger partial charge is 0.0623 e. The number of hydrogen-bond donors (Lipinski definition) is 0. The van der Waals surface area contributed by atoms with Gasteiger partial charge in [-0.15, -0.1) is 5.11 Å². The summed E-state index contributed by atoms with van der Waals surface area (Å²) in [6.07, 6.45) is 3.11. The van der Waals surface area contributed by atoms with Crippen molar-refractivity contribution >= 4 is 0 Å². The Morgan fingerprint density at radius 2 is 2.36 bits per heavy atom. The third-order valence-corrected chi connectivity index (χ3v) is 1.76. The van der Waals surface area contributed by atoms with Gasteiger partial charge in [0.25, 0.3) is 0 Å². The molecule has 0 aromatic heterocycles. The van der Waals surface area contributed by atoms with Crippen molar-refractivity contribution in [1.82, 2.24) is 5.01 Å². The van der Waals surface area contributed by atoms with Gasteiger partial charge in [0.15, 0.2) is 0 Å². The van der Waals surface area contributed by atoms with E-state index in [0.29, 0.717) is 6.04 Å². The molecule has 1 aliphatic heterocycles. The Balaban J connectivity index is 2.50. The molecule has 0 aromatic rings. The molecule has 11 heavy (non-hydrogen) atoms. The van der Waals surface area contributed by atoms with Gasteiger partial charge in [0.05, 0.1) is 12.2 Å². The lowest BCUT2D eigenvalue weighted by atomic mass is 10.3. The fourth-order valence-corrected chi connectivity index (χ4v) is 0.920. The second-order valence-electron chi connectivity index (χ2n) is 2.95. The molecule has 0 unspecified atom stereocenters. The molecule has 1 aliphatic rings. The van der Waals surface area contributed by atoms with Gasteiger partial charge in [-0.3, -0.25) is 5.01 Å². The summed E-state index contributed by atoms with van der Waals surface area (Å²) in [6.45, 7) is 7.23. The quantitative estimate of drug-likeness (QED) is 0.598. The van der Waals surface area contributed by atoms with Crippen molar-refractivity contribution in [3.05, 3.63) is 11.8 Å². The predicted octanol–water partition coefficient (Wildman–Crippen LogP) is 2.37. The lowest BCUT2D eigenvalue weighted by Crippen LogP contribution is -2.26. The Morgan fingerprint density at radius 1 is 1.64 bits per heavy atom. The first-order valence-corrected chi connectivity index (χ1v) is 4.11. The molecule has 0 spiro atoms. The summed E-state index contributed by atoms with van der Waals surface area (Å²) in [5, 5.41) is 10.1. The largest absolute Gasteiger partial charge is 0.272 e. The minimum atomic E-state index is 0.452. The van der Waals surface area contributed by atoms with Crippen LogP contribution in [-0.2, 0) is 0 Å². The molecule has 0 radical (unpaired) electrons. The average Bonchev–Trinajstić information content (AvgIpc) is 2.05. The maximum absolute atomic E-state index is 4.07. The average molecular weight is 153 g/mol. The number of hydrogen-bond acceptors (Lipinski definition) is 3. The van der Waals surface area contributed by atoms with Crippen LogP contribution in [0.25, 0.3) is 0 Å². The summed E-state index contributed by atoms with van der Waals surface area (Å²) in [4.78, 5) is 0. The highest BCUT2D eigenvalue weighted by Gasteiger charge is 2.08. The lowest BCUT2D eigenvalue weighted by Gasteiger charge is -2.22. The van der Waals surface area contributed by atoms with Gasteiger partial charge < -0.3 is 0 Å². The van der Waals surface area contributed by atoms with Crippen molar-refractivity contribution in [3.8, 4) is 0 Å². The SMILES string of the molecule is CCC1=CCN(C(C)C)N=N1. The third kappa shape index (κ3) is 2.03. The van der Waals surface area contributed by atoms with Crippen LogP contribution in [0, 0.1) is 0 Å². The molecule has 0 amide bonds. The molecule has 0 saturated heterocycles. The van der Waals surface area contributed by atoms with Crippen LogP contribution < -0.4 is 0 Å². The van der Waals surface area contributed by atoms with Crippen molar-refractivity contribution in [3.63, 3.8) is 0 Å². The second kappa shape index (κ2) is 3.51. The number of allylic oxidation sites excluding steroid dienone is 1. The highest BCUT2D eigenvalue weighted by Crippen LogP contribution is 2.12. The molecular weight excluding hydrogens is 138 g/mol. The van der Waals surface area contributed by atoms with Gasteiger partial charge >= 0.3 is 0 Å². The Labute approximate surface area is 67.8 Å². The second-order valence-corrected chi connectivity index (χ2v) is 2.95. The van der Waals surface area contributed by atoms with Crippen molar-refractivity contribution < 1.29 is 0 Å². The van der Waals surface area contributed by atoms with Crippen molar-refractivity contribution in [2.45, 2.75) is 33.2 Å². The van der Waals surface area contributed by atoms with Crippen LogP contribution in [0.2, 0.25) is 0 Å². The Bertz CT molecular complexity index is 182. The zero-order valence-corrected chi connectivity index (χ0v) is 7.41. The molecular formula is C8H15N3. The maximum Gasteiger partial charge on any atom is 0.0623 e. The highest BCUT2D eigenvalue weighted by molar-refractivity contribution is 5.01. The normalized spacial score (nSPS) is 17.5. The fourth-order valence-electron chi connectivity index (χ4n) is 0.920. The van der Waals surface area contributed by atoms with E-state index in [1.165, 1.54) is 0 Å². The van der Waals surface area contributed by atoms with Gasteiger partial charge in [0.2, 0.25) is 0 Å². The zero-order valence-electron chi connectivity index (χ0n) is 7.41. The van der Waals surface area contributed by atoms with Crippen LogP contribution >= 0.6 is 0 Å². The van der Waals surface area contributed by atoms with Crippen molar-refractivity contribution in [2.24, 2.45) is 10.3 Å². The molecule has 0 N–H and O–H groups in total. The molecule has 0 saturated carbocycles. The molecule has 0 atom stereocenters. The van der Waals surface area contributed by atoms with E-state index in [1.54, 1.807) is 0 Å². The third-order valence-electron chi connectivity index (χ3n) is 1.76. The molecule has 1 rings (SSSR count). The van der Waals surface area contributed by atoms with Crippen LogP contribution in [0.3, 0.4) is 0 Å². The van der Waals surface area contributed by atoms with E-state index in [1.807, 2.05) is 5.01 Å². The summed E-state index contributed by atoms with van der Waals surface area (Å²) >= 11 is 0. The first-order chi connectivity index (χ1) is 5.24. The van der Waals surface area contributed by atoms with Gasteiger partial charge in [-0.25, -0.2) is 0 Å². The van der Waals surface area contributed by atoms with Crippen LogP contribution in [0.1, 0.15) is 27.2 Å². The predicted molar refractivity (Wildman–Crippen MR) is 45.1 cm³/mol. The molecule has 0 bridgehead atoms. The summed E-state index contributed by atoms with van der Waals surface area (Å²) in [5.74, 6) is 0. The van der Waals surface area contributed by atoms with Crippen molar-refractivity contribution in [1.29, 1.82) is 0 Å². The first-order valence-electron chi connectivity index (χ1n) is 4.11. The van der Waals surface area contributed by atoms with Gasteiger partial charge in [-0.2, -0.15) is 0 Å². The standard InChI is InChI=1S/C8H15N3/c1-4-8-5-6-11(7(2)3)10-9-8/h5,7H,4,6H2,1-3H3. The fraction of sp³-hybridized carbons (Fsp3) is 0.750. The van der Waals surface area contributed by atoms with Gasteiger partial charge in [0.1, 0.15) is 0 Å². The van der Waals surface area contributed by atoms with E-state index < -0.39 is 0 Å². The van der Waals surface area contributed by atoms with Crippen molar-refractivity contribution in [2.75, 3.05) is 6.54 Å². The van der Waals surface area contributed by atoms with E-state index in [2.05, 4.69) is 37.2 Å². The molecule has 3 heteroatoms. The summed E-state index contributed by atoms with van der Waals surface area (Å²) in [7, 11) is 0. The molecule has 1 heterocycles. The molecule has 62 valence electrons. The Kier molecular flexibility index (Phi) is 2.63. The minimum absolute atomic E-state index is 0.452. The van der Waals surface area contributed by atoms with E-state index in [0.717, 1.165) is 18.7 Å². The first kappa shape index (κ1) is 8.24. The van der Waals surface area contributed by atoms with Crippen LogP contribution in [0.15, 0.2) is 22.1 Å². The molecule has 3 nitrogen and oxygen atoms in total. The summed E-state index contributed by atoms with van der Waals surface area (Å²) in [5.41, 5.74) is 1.10. The number of rotatable bonds is 2. The Hall–Kier alpha value is -0.860. The van der Waals surface area contributed by atoms with Gasteiger partial charge in [-0.05, 0) is 26.3 Å². The van der Waals surface area contributed by atoms with E-state index >= 15 is 0 Å². The lowest BCUT2D eigenvalue weighted by molar-refractivity contribution is 0.232. The maximum atomic E-state index is 4.07. The van der Waals surface area contributed by atoms with Crippen LogP contribution in [0.4, 0.5) is 0 Å². The van der Waals surface area contributed by atoms with Crippen LogP contribution in [-0.4, -0.2) is 17.6 Å². The summed E-state index contributed by atoms with van der Waals surface area (Å²) < 4.78 is 0. The van der Waals surface area contributed by atoms with E-state index in [9.17, 15) is 0 Å². The van der Waals surface area contributed by atoms with Gasteiger partial charge in [-0.1, -0.05) is 12.1 Å². The minimum Gasteiger partial charge on any atom is -0.272 e.